The van der Waals surface area contributed by atoms with Crippen molar-refractivity contribution in [1.82, 2.24) is 0 Å². The van der Waals surface area contributed by atoms with Gasteiger partial charge < -0.3 is 18.6 Å². The molecule has 4 heteroatoms. The van der Waals surface area contributed by atoms with Crippen LogP contribution in [0.4, 0.5) is 22.7 Å². The van der Waals surface area contributed by atoms with E-state index in [0.717, 1.165) is 60.9 Å². The second-order valence-corrected chi connectivity index (χ2v) is 12.9. The van der Waals surface area contributed by atoms with Crippen molar-refractivity contribution in [2.24, 2.45) is 0 Å². The van der Waals surface area contributed by atoms with Gasteiger partial charge in [0.05, 0.1) is 17.4 Å². The van der Waals surface area contributed by atoms with Gasteiger partial charge in [-0.1, -0.05) is 103 Å². The summed E-state index contributed by atoms with van der Waals surface area (Å²) in [7, 11) is 0. The van der Waals surface area contributed by atoms with Crippen molar-refractivity contribution in [3.63, 3.8) is 0 Å². The van der Waals surface area contributed by atoms with Crippen molar-refractivity contribution in [2.75, 3.05) is 9.80 Å². The fraction of sp³-hybridized carbons (Fsp3) is 0.0455. The molecule has 0 amide bonds. The first-order valence-electron chi connectivity index (χ1n) is 16.5. The lowest BCUT2D eigenvalue weighted by Crippen LogP contribution is -2.33. The molecule has 0 N–H and O–H groups in total. The zero-order chi connectivity index (χ0) is 31.3. The van der Waals surface area contributed by atoms with Gasteiger partial charge in [-0.15, -0.1) is 0 Å². The third-order valence-corrected chi connectivity index (χ3v) is 10.3. The van der Waals surface area contributed by atoms with Crippen LogP contribution >= 0.6 is 0 Å². The molecule has 1 aliphatic heterocycles. The van der Waals surface area contributed by atoms with Crippen LogP contribution in [0.1, 0.15) is 17.0 Å². The van der Waals surface area contributed by atoms with Crippen LogP contribution in [0.15, 0.2) is 172 Å². The van der Waals surface area contributed by atoms with Crippen LogP contribution in [0.2, 0.25) is 0 Å². The summed E-state index contributed by atoms with van der Waals surface area (Å²) in [5.74, 6) is 0.232. The first kappa shape index (κ1) is 25.9. The quantitative estimate of drug-likeness (QED) is 0.197. The Kier molecular flexibility index (Phi) is 5.19. The third kappa shape index (κ3) is 3.49. The highest BCUT2D eigenvalue weighted by Gasteiger charge is 2.44. The first-order chi connectivity index (χ1) is 23.8. The molecule has 2 unspecified atom stereocenters. The Balaban J connectivity index is 1.21. The molecule has 226 valence electrons. The molecule has 0 bridgehead atoms. The van der Waals surface area contributed by atoms with Crippen LogP contribution in [-0.4, -0.2) is 6.04 Å². The van der Waals surface area contributed by atoms with Crippen molar-refractivity contribution in [3.05, 3.63) is 174 Å². The van der Waals surface area contributed by atoms with E-state index in [2.05, 4.69) is 143 Å². The molecule has 2 aromatic heterocycles. The van der Waals surface area contributed by atoms with Crippen LogP contribution in [-0.2, 0) is 0 Å². The fourth-order valence-corrected chi connectivity index (χ4v) is 8.36. The smallest absolute Gasteiger partial charge is 0.159 e. The lowest BCUT2D eigenvalue weighted by Gasteiger charge is -2.36. The maximum Gasteiger partial charge on any atom is 0.159 e. The van der Waals surface area contributed by atoms with Gasteiger partial charge in [0.2, 0.25) is 0 Å². The van der Waals surface area contributed by atoms with Gasteiger partial charge in [-0.2, -0.15) is 0 Å². The summed E-state index contributed by atoms with van der Waals surface area (Å²) in [6, 6.07) is 47.1. The Bertz CT molecular complexity index is 2590. The molecule has 0 fully saturated rings. The van der Waals surface area contributed by atoms with Crippen LogP contribution < -0.4 is 9.80 Å². The summed E-state index contributed by atoms with van der Waals surface area (Å²) in [6.07, 6.45) is 9.41. The summed E-state index contributed by atoms with van der Waals surface area (Å²) in [5.41, 5.74) is 12.9. The summed E-state index contributed by atoms with van der Waals surface area (Å²) < 4.78 is 13.4. The zero-order valence-electron chi connectivity index (χ0n) is 25.9. The number of anilines is 4. The molecule has 2 aliphatic carbocycles. The van der Waals surface area contributed by atoms with Crippen molar-refractivity contribution in [1.29, 1.82) is 0 Å². The van der Waals surface area contributed by atoms with Crippen molar-refractivity contribution in [3.8, 4) is 0 Å². The minimum atomic E-state index is 0.0794. The highest BCUT2D eigenvalue weighted by atomic mass is 16.3. The molecule has 2 atom stereocenters. The number of benzene rings is 6. The molecule has 0 radical (unpaired) electrons. The molecule has 6 aromatic carbocycles. The zero-order valence-corrected chi connectivity index (χ0v) is 25.9. The Morgan fingerprint density at radius 3 is 1.83 bits per heavy atom. The largest absolute Gasteiger partial charge is 0.454 e. The van der Waals surface area contributed by atoms with Gasteiger partial charge in [0, 0.05) is 44.5 Å². The monoisotopic (exact) mass is 616 g/mol. The lowest BCUT2D eigenvalue weighted by molar-refractivity contribution is 0.664. The summed E-state index contributed by atoms with van der Waals surface area (Å²) in [5, 5.41) is 4.40. The number of hydrogen-bond acceptors (Lipinski definition) is 4. The number of nitrogens with zero attached hydrogens (tertiary/aromatic N) is 2. The van der Waals surface area contributed by atoms with Gasteiger partial charge >= 0.3 is 0 Å². The number of fused-ring (bicyclic) bond motifs is 6. The van der Waals surface area contributed by atoms with Gasteiger partial charge in [-0.3, -0.25) is 0 Å². The molecule has 8 aromatic rings. The van der Waals surface area contributed by atoms with E-state index in [1.54, 1.807) is 0 Å². The Morgan fingerprint density at radius 1 is 0.542 bits per heavy atom. The molecular formula is C44H28N2O2. The van der Waals surface area contributed by atoms with E-state index < -0.39 is 0 Å². The molecule has 3 aliphatic rings. The summed E-state index contributed by atoms with van der Waals surface area (Å²) >= 11 is 0. The third-order valence-electron chi connectivity index (χ3n) is 10.3. The molecular weight excluding hydrogens is 588 g/mol. The fourth-order valence-electron chi connectivity index (χ4n) is 8.36. The van der Waals surface area contributed by atoms with Crippen LogP contribution in [0.5, 0.6) is 0 Å². The van der Waals surface area contributed by atoms with Gasteiger partial charge in [0.1, 0.15) is 11.2 Å². The predicted molar refractivity (Wildman–Crippen MR) is 196 cm³/mol. The van der Waals surface area contributed by atoms with E-state index in [0.29, 0.717) is 0 Å². The maximum atomic E-state index is 6.69. The maximum absolute atomic E-state index is 6.69. The van der Waals surface area contributed by atoms with E-state index in [1.807, 2.05) is 24.3 Å². The van der Waals surface area contributed by atoms with Crippen molar-refractivity contribution >= 4 is 72.7 Å². The molecule has 0 saturated carbocycles. The highest BCUT2D eigenvalue weighted by Crippen LogP contribution is 2.55. The van der Waals surface area contributed by atoms with Crippen molar-refractivity contribution in [2.45, 2.75) is 12.0 Å². The van der Waals surface area contributed by atoms with E-state index >= 15 is 0 Å². The second-order valence-electron chi connectivity index (χ2n) is 12.9. The van der Waals surface area contributed by atoms with Gasteiger partial charge in [0.15, 0.2) is 11.2 Å². The summed E-state index contributed by atoms with van der Waals surface area (Å²) in [6.45, 7) is 0. The standard InChI is InChI=1S/C44H28N2O2/c1-2-12-29(13-3-1)45-35-18-8-11-27-23-24-28-25-30(26-38(45)42(28)41(27)35)46(36-19-9-16-33-31-14-4-6-21-39(31)47-43(33)36)37-20-10-17-34-32-15-5-7-22-40(32)48-44(34)37/h1-26,38,42H. The molecule has 3 heterocycles. The van der Waals surface area contributed by atoms with Gasteiger partial charge in [0.25, 0.3) is 0 Å². The van der Waals surface area contributed by atoms with Crippen LogP contribution in [0, 0.1) is 0 Å². The van der Waals surface area contributed by atoms with Gasteiger partial charge in [-0.25, -0.2) is 0 Å². The Hall–Kier alpha value is -6.26. The van der Waals surface area contributed by atoms with E-state index in [1.165, 1.54) is 28.1 Å². The first-order valence-corrected chi connectivity index (χ1v) is 16.5. The number of hydrogen-bond donors (Lipinski definition) is 0. The molecule has 4 nitrogen and oxygen atoms in total. The minimum Gasteiger partial charge on any atom is -0.454 e. The Labute approximate surface area is 276 Å². The molecule has 0 saturated heterocycles. The van der Waals surface area contributed by atoms with Gasteiger partial charge in [-0.05, 0) is 71.3 Å². The highest BCUT2D eigenvalue weighted by molar-refractivity contribution is 6.13. The van der Waals surface area contributed by atoms with E-state index in [4.69, 9.17) is 8.83 Å². The average molecular weight is 617 g/mol. The molecule has 0 spiro atoms. The second kappa shape index (κ2) is 9.63. The SMILES string of the molecule is C1=Cc2cccc3c2C2C1=CC(N(c1cccc4c1oc1ccccc14)c1cccc4c1oc1ccccc14)=CC2N3c1ccccc1. The number of furan rings is 2. The summed E-state index contributed by atoms with van der Waals surface area (Å²) in [4.78, 5) is 4.87. The van der Waals surface area contributed by atoms with E-state index in [9.17, 15) is 0 Å². The minimum absolute atomic E-state index is 0.0794. The van der Waals surface area contributed by atoms with Crippen LogP contribution in [0.25, 0.3) is 50.0 Å². The molecule has 11 rings (SSSR count). The lowest BCUT2D eigenvalue weighted by atomic mass is 9.78. The molecule has 48 heavy (non-hydrogen) atoms. The van der Waals surface area contributed by atoms with Crippen LogP contribution in [0.3, 0.4) is 0 Å². The van der Waals surface area contributed by atoms with Crippen molar-refractivity contribution < 1.29 is 8.83 Å². The normalized spacial score (nSPS) is 17.7. The van der Waals surface area contributed by atoms with E-state index in [-0.39, 0.29) is 12.0 Å². The topological polar surface area (TPSA) is 32.8 Å². The number of allylic oxidation sites excluding steroid dienone is 2. The number of para-hydroxylation sites is 5. The average Bonchev–Trinajstić information content (AvgIpc) is 3.82. The Morgan fingerprint density at radius 2 is 1.15 bits per heavy atom. The number of rotatable bonds is 4. The predicted octanol–water partition coefficient (Wildman–Crippen LogP) is 11.8.